The maximum absolute atomic E-state index is 12.6. The van der Waals surface area contributed by atoms with Crippen LogP contribution in [0.25, 0.3) is 0 Å². The molecular weight excluding hydrogens is 254 g/mol. The van der Waals surface area contributed by atoms with Gasteiger partial charge in [-0.05, 0) is 67.7 Å². The largest absolute Gasteiger partial charge is 0.355 e. The number of hydrogen-bond acceptors (Lipinski definition) is 2. The molecule has 1 heterocycles. The van der Waals surface area contributed by atoms with E-state index in [-0.39, 0.29) is 5.41 Å². The maximum Gasteiger partial charge on any atom is 0.226 e. The van der Waals surface area contributed by atoms with E-state index in [1.54, 1.807) is 11.3 Å². The minimum Gasteiger partial charge on any atom is -0.355 e. The van der Waals surface area contributed by atoms with E-state index in [0.717, 1.165) is 30.7 Å². The fourth-order valence-electron chi connectivity index (χ4n) is 5.03. The van der Waals surface area contributed by atoms with Gasteiger partial charge >= 0.3 is 0 Å². The molecule has 1 aromatic rings. The number of carbonyl (C=O) groups is 1. The Balaban J connectivity index is 1.36. The molecule has 0 aromatic carbocycles. The molecule has 0 aliphatic heterocycles. The molecule has 4 fully saturated rings. The van der Waals surface area contributed by atoms with Gasteiger partial charge in [0.1, 0.15) is 0 Å². The summed E-state index contributed by atoms with van der Waals surface area (Å²) in [4.78, 5) is 13.9. The Hall–Kier alpha value is -0.830. The second kappa shape index (κ2) is 4.34. The van der Waals surface area contributed by atoms with Crippen LogP contribution < -0.4 is 5.32 Å². The average molecular weight is 275 g/mol. The van der Waals surface area contributed by atoms with E-state index in [1.807, 2.05) is 0 Å². The molecule has 1 aromatic heterocycles. The van der Waals surface area contributed by atoms with E-state index in [2.05, 4.69) is 22.8 Å². The topological polar surface area (TPSA) is 29.1 Å². The summed E-state index contributed by atoms with van der Waals surface area (Å²) in [5.74, 6) is 2.98. The zero-order valence-electron chi connectivity index (χ0n) is 11.2. The molecule has 4 bridgehead atoms. The van der Waals surface area contributed by atoms with Crippen molar-refractivity contribution in [2.24, 2.45) is 23.2 Å². The summed E-state index contributed by atoms with van der Waals surface area (Å²) in [6.45, 7) is 0.807. The van der Waals surface area contributed by atoms with Crippen LogP contribution in [0.1, 0.15) is 37.0 Å². The van der Waals surface area contributed by atoms with Gasteiger partial charge in [0.25, 0.3) is 0 Å². The Labute approximate surface area is 118 Å². The summed E-state index contributed by atoms with van der Waals surface area (Å²) >= 11 is 1.78. The Morgan fingerprint density at radius 2 is 2.11 bits per heavy atom. The first-order chi connectivity index (χ1) is 9.25. The molecule has 0 saturated heterocycles. The standard InChI is InChI=1S/C16H21NOS/c18-15(17-4-3-14-2-1-5-19-14)16-8-11-6-12(9-16)13(7-11)10-16/h1-2,5,11-13H,3-4,6-10H2,(H,17,18). The fraction of sp³-hybridized carbons (Fsp3) is 0.688. The van der Waals surface area contributed by atoms with E-state index in [0.29, 0.717) is 5.91 Å². The lowest BCUT2D eigenvalue weighted by Gasteiger charge is -2.36. The van der Waals surface area contributed by atoms with Crippen molar-refractivity contribution in [1.82, 2.24) is 5.32 Å². The summed E-state index contributed by atoms with van der Waals surface area (Å²) in [5, 5.41) is 5.32. The number of thiophene rings is 1. The highest BCUT2D eigenvalue weighted by atomic mass is 32.1. The highest BCUT2D eigenvalue weighted by molar-refractivity contribution is 7.09. The summed E-state index contributed by atoms with van der Waals surface area (Å²) < 4.78 is 0. The third-order valence-corrected chi connectivity index (χ3v) is 6.58. The predicted molar refractivity (Wildman–Crippen MR) is 77.0 cm³/mol. The average Bonchev–Trinajstić information content (AvgIpc) is 3.04. The smallest absolute Gasteiger partial charge is 0.226 e. The van der Waals surface area contributed by atoms with Crippen LogP contribution in [0.4, 0.5) is 0 Å². The molecule has 4 aliphatic carbocycles. The van der Waals surface area contributed by atoms with E-state index < -0.39 is 0 Å². The second-order valence-corrected chi connectivity index (χ2v) is 7.87. The molecule has 2 unspecified atom stereocenters. The molecule has 1 amide bonds. The van der Waals surface area contributed by atoms with Crippen LogP contribution in [0.3, 0.4) is 0 Å². The Kier molecular flexibility index (Phi) is 2.73. The molecule has 102 valence electrons. The molecule has 5 rings (SSSR count). The third-order valence-electron chi connectivity index (χ3n) is 5.64. The van der Waals surface area contributed by atoms with Gasteiger partial charge in [0.05, 0.1) is 0 Å². The van der Waals surface area contributed by atoms with Gasteiger partial charge in [0.15, 0.2) is 0 Å². The number of nitrogens with one attached hydrogen (secondary N) is 1. The van der Waals surface area contributed by atoms with Gasteiger partial charge in [-0.25, -0.2) is 0 Å². The number of amides is 1. The molecule has 4 saturated carbocycles. The Morgan fingerprint density at radius 1 is 1.32 bits per heavy atom. The van der Waals surface area contributed by atoms with E-state index in [4.69, 9.17) is 0 Å². The van der Waals surface area contributed by atoms with Crippen molar-refractivity contribution in [2.75, 3.05) is 6.54 Å². The molecule has 4 aliphatic rings. The summed E-state index contributed by atoms with van der Waals surface area (Å²) in [7, 11) is 0. The fourth-order valence-corrected chi connectivity index (χ4v) is 5.74. The van der Waals surface area contributed by atoms with E-state index in [1.165, 1.54) is 37.0 Å². The van der Waals surface area contributed by atoms with Crippen molar-refractivity contribution in [1.29, 1.82) is 0 Å². The van der Waals surface area contributed by atoms with Crippen molar-refractivity contribution in [3.05, 3.63) is 22.4 Å². The molecule has 19 heavy (non-hydrogen) atoms. The lowest BCUT2D eigenvalue weighted by molar-refractivity contribution is -0.133. The van der Waals surface area contributed by atoms with Gasteiger partial charge in [0.2, 0.25) is 5.91 Å². The van der Waals surface area contributed by atoms with Gasteiger partial charge in [0, 0.05) is 16.8 Å². The summed E-state index contributed by atoms with van der Waals surface area (Å²) in [5.41, 5.74) is 0.0337. The van der Waals surface area contributed by atoms with Crippen molar-refractivity contribution in [3.8, 4) is 0 Å². The van der Waals surface area contributed by atoms with Gasteiger partial charge in [-0.2, -0.15) is 0 Å². The quantitative estimate of drug-likeness (QED) is 0.898. The molecule has 3 heteroatoms. The van der Waals surface area contributed by atoms with Crippen LogP contribution in [0.5, 0.6) is 0 Å². The second-order valence-electron chi connectivity index (χ2n) is 6.84. The monoisotopic (exact) mass is 275 g/mol. The summed E-state index contributed by atoms with van der Waals surface area (Å²) in [6.07, 6.45) is 7.34. The minimum absolute atomic E-state index is 0.0337. The van der Waals surface area contributed by atoms with Crippen LogP contribution >= 0.6 is 11.3 Å². The zero-order chi connectivity index (χ0) is 12.9. The third kappa shape index (κ3) is 1.94. The number of hydrogen-bond donors (Lipinski definition) is 1. The van der Waals surface area contributed by atoms with Crippen molar-refractivity contribution >= 4 is 17.2 Å². The molecule has 2 nitrogen and oxygen atoms in total. The Morgan fingerprint density at radius 3 is 2.74 bits per heavy atom. The molecule has 0 radical (unpaired) electrons. The number of rotatable bonds is 4. The maximum atomic E-state index is 12.6. The van der Waals surface area contributed by atoms with Crippen molar-refractivity contribution in [3.63, 3.8) is 0 Å². The molecule has 0 spiro atoms. The first-order valence-electron chi connectivity index (χ1n) is 7.56. The van der Waals surface area contributed by atoms with E-state index in [9.17, 15) is 4.79 Å². The van der Waals surface area contributed by atoms with Crippen molar-refractivity contribution in [2.45, 2.75) is 38.5 Å². The van der Waals surface area contributed by atoms with Crippen LogP contribution in [0.15, 0.2) is 17.5 Å². The lowest BCUT2D eigenvalue weighted by Crippen LogP contribution is -2.43. The first kappa shape index (κ1) is 12.0. The lowest BCUT2D eigenvalue weighted by atomic mass is 9.69. The number of carbonyl (C=O) groups excluding carboxylic acids is 1. The first-order valence-corrected chi connectivity index (χ1v) is 8.44. The van der Waals surface area contributed by atoms with Crippen molar-refractivity contribution < 1.29 is 4.79 Å². The van der Waals surface area contributed by atoms with Crippen LogP contribution in [-0.4, -0.2) is 12.5 Å². The Bertz CT molecular complexity index is 461. The SMILES string of the molecule is O=C(NCCc1cccs1)C12CC3CC(C1)C(C3)C2. The molecular formula is C16H21NOS. The predicted octanol–water partition coefficient (Wildman–Crippen LogP) is 3.23. The van der Waals surface area contributed by atoms with Gasteiger partial charge < -0.3 is 5.32 Å². The highest BCUT2D eigenvalue weighted by Gasteiger charge is 2.58. The zero-order valence-corrected chi connectivity index (χ0v) is 12.0. The van der Waals surface area contributed by atoms with Gasteiger partial charge in [-0.15, -0.1) is 11.3 Å². The van der Waals surface area contributed by atoms with Gasteiger partial charge in [-0.3, -0.25) is 4.79 Å². The van der Waals surface area contributed by atoms with E-state index >= 15 is 0 Å². The molecule has 2 atom stereocenters. The van der Waals surface area contributed by atoms with Crippen LogP contribution in [0, 0.1) is 23.2 Å². The normalized spacial score (nSPS) is 38.8. The minimum atomic E-state index is 0.0337. The highest BCUT2D eigenvalue weighted by Crippen LogP contribution is 2.64. The van der Waals surface area contributed by atoms with Crippen LogP contribution in [-0.2, 0) is 11.2 Å². The van der Waals surface area contributed by atoms with Crippen LogP contribution in [0.2, 0.25) is 0 Å². The summed E-state index contributed by atoms with van der Waals surface area (Å²) in [6, 6.07) is 4.23. The molecule has 1 N–H and O–H groups in total. The van der Waals surface area contributed by atoms with Gasteiger partial charge in [-0.1, -0.05) is 6.07 Å².